The van der Waals surface area contributed by atoms with E-state index < -0.39 is 0 Å². The Morgan fingerprint density at radius 2 is 1.96 bits per heavy atom. The Balaban J connectivity index is 1.53. The molecule has 0 saturated carbocycles. The number of carbonyl (C=O) groups excluding carboxylic acids is 1. The molecule has 0 fully saturated rings. The number of nitrogens with one attached hydrogen (secondary N) is 1. The molecular weight excluding hydrogens is 317 g/mol. The molecule has 1 aliphatic heterocycles. The lowest BCUT2D eigenvalue weighted by atomic mass is 10.2. The van der Waals surface area contributed by atoms with Crippen LogP contribution in [0.5, 0.6) is 11.5 Å². The summed E-state index contributed by atoms with van der Waals surface area (Å²) in [6.45, 7) is 2.48. The molecule has 2 aromatic rings. The first kappa shape index (κ1) is 15.7. The molecule has 1 heterocycles. The van der Waals surface area contributed by atoms with E-state index in [2.05, 4.69) is 5.32 Å². The summed E-state index contributed by atoms with van der Waals surface area (Å²) in [4.78, 5) is 13.0. The smallest absolute Gasteiger partial charge is 0.233 e. The van der Waals surface area contributed by atoms with Crippen molar-refractivity contribution in [2.45, 2.75) is 23.6 Å². The summed E-state index contributed by atoms with van der Waals surface area (Å²) in [6, 6.07) is 11.7. The molecule has 1 atom stereocenters. The summed E-state index contributed by atoms with van der Waals surface area (Å²) in [5.41, 5.74) is 0.946. The third-order valence-electron chi connectivity index (χ3n) is 3.40. The van der Waals surface area contributed by atoms with Gasteiger partial charge in [-0.25, -0.2) is 4.39 Å². The second-order valence-corrected chi connectivity index (χ2v) is 6.53. The molecular formula is C17H16FNO3S. The number of fused-ring (bicyclic) bond motifs is 1. The summed E-state index contributed by atoms with van der Waals surface area (Å²) in [6.07, 6.45) is 0. The molecule has 6 heteroatoms. The van der Waals surface area contributed by atoms with Gasteiger partial charge in [-0.05, 0) is 48.9 Å². The van der Waals surface area contributed by atoms with Crippen LogP contribution >= 0.6 is 11.8 Å². The molecule has 0 bridgehead atoms. The second kappa shape index (κ2) is 6.91. The first-order valence-electron chi connectivity index (χ1n) is 7.20. The number of hydrogen-bond donors (Lipinski definition) is 1. The monoisotopic (exact) mass is 333 g/mol. The van der Waals surface area contributed by atoms with Gasteiger partial charge in [-0.1, -0.05) is 6.07 Å². The van der Waals surface area contributed by atoms with Crippen LogP contribution in [0.15, 0.2) is 47.4 Å². The van der Waals surface area contributed by atoms with E-state index in [1.54, 1.807) is 12.1 Å². The van der Waals surface area contributed by atoms with Crippen molar-refractivity contribution in [2.24, 2.45) is 0 Å². The molecule has 3 rings (SSSR count). The van der Waals surface area contributed by atoms with Gasteiger partial charge in [0.25, 0.3) is 0 Å². The van der Waals surface area contributed by atoms with E-state index in [0.717, 1.165) is 16.2 Å². The van der Waals surface area contributed by atoms with Crippen LogP contribution in [0.4, 0.5) is 4.39 Å². The van der Waals surface area contributed by atoms with Crippen molar-refractivity contribution >= 4 is 17.7 Å². The third-order valence-corrected chi connectivity index (χ3v) is 4.51. The van der Waals surface area contributed by atoms with Gasteiger partial charge in [0, 0.05) is 11.4 Å². The van der Waals surface area contributed by atoms with E-state index >= 15 is 0 Å². The van der Waals surface area contributed by atoms with E-state index in [0.29, 0.717) is 12.3 Å². The molecule has 4 nitrogen and oxygen atoms in total. The highest BCUT2D eigenvalue weighted by atomic mass is 32.2. The fourth-order valence-electron chi connectivity index (χ4n) is 2.15. The van der Waals surface area contributed by atoms with Crippen LogP contribution in [0.1, 0.15) is 12.5 Å². The van der Waals surface area contributed by atoms with Crippen molar-refractivity contribution in [3.05, 3.63) is 53.8 Å². The molecule has 0 saturated heterocycles. The van der Waals surface area contributed by atoms with Gasteiger partial charge in [0.2, 0.25) is 12.7 Å². The Bertz CT molecular complexity index is 705. The minimum Gasteiger partial charge on any atom is -0.454 e. The van der Waals surface area contributed by atoms with Crippen LogP contribution < -0.4 is 14.8 Å². The number of amides is 1. The van der Waals surface area contributed by atoms with Crippen LogP contribution in [0.3, 0.4) is 0 Å². The van der Waals surface area contributed by atoms with Crippen molar-refractivity contribution in [2.75, 3.05) is 6.79 Å². The number of hydrogen-bond acceptors (Lipinski definition) is 4. The lowest BCUT2D eigenvalue weighted by molar-refractivity contribution is -0.120. The average Bonchev–Trinajstić information content (AvgIpc) is 3.02. The van der Waals surface area contributed by atoms with E-state index in [4.69, 9.17) is 9.47 Å². The number of ether oxygens (including phenoxy) is 2. The molecule has 120 valence electrons. The average molecular weight is 333 g/mol. The van der Waals surface area contributed by atoms with Crippen LogP contribution in [0.2, 0.25) is 0 Å². The van der Waals surface area contributed by atoms with Crippen molar-refractivity contribution in [1.29, 1.82) is 0 Å². The van der Waals surface area contributed by atoms with E-state index in [1.165, 1.54) is 23.9 Å². The van der Waals surface area contributed by atoms with E-state index in [9.17, 15) is 9.18 Å². The Hall–Kier alpha value is -2.21. The predicted molar refractivity (Wildman–Crippen MR) is 86.1 cm³/mol. The summed E-state index contributed by atoms with van der Waals surface area (Å²) in [5.74, 6) is 1.07. The molecule has 0 spiro atoms. The molecule has 23 heavy (non-hydrogen) atoms. The van der Waals surface area contributed by atoms with Crippen LogP contribution in [0.25, 0.3) is 0 Å². The van der Waals surface area contributed by atoms with Crippen LogP contribution in [0, 0.1) is 5.82 Å². The highest BCUT2D eigenvalue weighted by Gasteiger charge is 2.16. The maximum absolute atomic E-state index is 12.9. The van der Waals surface area contributed by atoms with Gasteiger partial charge in [-0.2, -0.15) is 0 Å². The first-order valence-corrected chi connectivity index (χ1v) is 8.08. The van der Waals surface area contributed by atoms with E-state index in [1.807, 2.05) is 25.1 Å². The summed E-state index contributed by atoms with van der Waals surface area (Å²) in [5, 5.41) is 2.62. The van der Waals surface area contributed by atoms with Crippen molar-refractivity contribution in [3.8, 4) is 11.5 Å². The molecule has 1 N–H and O–H groups in total. The third kappa shape index (κ3) is 3.96. The number of benzene rings is 2. The van der Waals surface area contributed by atoms with Crippen molar-refractivity contribution in [1.82, 2.24) is 5.32 Å². The lowest BCUT2D eigenvalue weighted by Crippen LogP contribution is -2.30. The van der Waals surface area contributed by atoms with Gasteiger partial charge in [0.15, 0.2) is 11.5 Å². The standard InChI is InChI=1S/C17H16FNO3S/c1-11(23-14-5-3-13(18)4-6-14)17(20)19-9-12-2-7-15-16(8-12)22-10-21-15/h2-8,11H,9-10H2,1H3,(H,19,20). The van der Waals surface area contributed by atoms with Gasteiger partial charge in [-0.3, -0.25) is 4.79 Å². The molecule has 0 aliphatic carbocycles. The molecule has 1 unspecified atom stereocenters. The Morgan fingerprint density at radius 1 is 1.22 bits per heavy atom. The lowest BCUT2D eigenvalue weighted by Gasteiger charge is -2.12. The topological polar surface area (TPSA) is 47.6 Å². The fourth-order valence-corrected chi connectivity index (χ4v) is 3.05. The SMILES string of the molecule is CC(Sc1ccc(F)cc1)C(=O)NCc1ccc2c(c1)OCO2. The minimum absolute atomic E-state index is 0.0722. The Morgan fingerprint density at radius 3 is 2.74 bits per heavy atom. The number of rotatable bonds is 5. The summed E-state index contributed by atoms with van der Waals surface area (Å²) in [7, 11) is 0. The number of thioether (sulfide) groups is 1. The van der Waals surface area contributed by atoms with Crippen molar-refractivity contribution < 1.29 is 18.7 Å². The fraction of sp³-hybridized carbons (Fsp3) is 0.235. The molecule has 0 radical (unpaired) electrons. The number of carbonyl (C=O) groups is 1. The molecule has 1 aliphatic rings. The van der Waals surface area contributed by atoms with Gasteiger partial charge in [0.1, 0.15) is 5.82 Å². The van der Waals surface area contributed by atoms with Crippen molar-refractivity contribution in [3.63, 3.8) is 0 Å². The van der Waals surface area contributed by atoms with Gasteiger partial charge in [0.05, 0.1) is 5.25 Å². The maximum atomic E-state index is 12.9. The van der Waals surface area contributed by atoms with Crippen LogP contribution in [-0.2, 0) is 11.3 Å². The Labute approximate surface area is 138 Å². The first-order chi connectivity index (χ1) is 11.1. The Kier molecular flexibility index (Phi) is 4.71. The molecule has 1 amide bonds. The highest BCUT2D eigenvalue weighted by molar-refractivity contribution is 8.00. The second-order valence-electron chi connectivity index (χ2n) is 5.12. The predicted octanol–water partition coefficient (Wildman–Crippen LogP) is 3.35. The molecule has 2 aromatic carbocycles. The van der Waals surface area contributed by atoms with Gasteiger partial charge < -0.3 is 14.8 Å². The van der Waals surface area contributed by atoms with Gasteiger partial charge in [-0.15, -0.1) is 11.8 Å². The minimum atomic E-state index is -0.283. The van der Waals surface area contributed by atoms with E-state index in [-0.39, 0.29) is 23.8 Å². The normalized spacial score (nSPS) is 13.7. The number of halogens is 1. The highest BCUT2D eigenvalue weighted by Crippen LogP contribution is 2.32. The quantitative estimate of drug-likeness (QED) is 0.853. The van der Waals surface area contributed by atoms with Gasteiger partial charge >= 0.3 is 0 Å². The largest absolute Gasteiger partial charge is 0.454 e. The summed E-state index contributed by atoms with van der Waals surface area (Å²) < 4.78 is 23.4. The van der Waals surface area contributed by atoms with Crippen LogP contribution in [-0.4, -0.2) is 18.0 Å². The zero-order chi connectivity index (χ0) is 16.2. The zero-order valence-corrected chi connectivity index (χ0v) is 13.4. The summed E-state index contributed by atoms with van der Waals surface area (Å²) >= 11 is 1.39. The molecule has 0 aromatic heterocycles. The zero-order valence-electron chi connectivity index (χ0n) is 12.5. The maximum Gasteiger partial charge on any atom is 0.233 e.